The van der Waals surface area contributed by atoms with E-state index in [2.05, 4.69) is 24.2 Å². The summed E-state index contributed by atoms with van der Waals surface area (Å²) in [6.45, 7) is 4.98. The average molecular weight is 226 g/mol. The lowest BCUT2D eigenvalue weighted by molar-refractivity contribution is 0.105. The van der Waals surface area contributed by atoms with Crippen molar-refractivity contribution in [3.63, 3.8) is 0 Å². The minimum atomic E-state index is 0.128. The predicted molar refractivity (Wildman–Crippen MR) is 66.5 cm³/mol. The highest BCUT2D eigenvalue weighted by molar-refractivity contribution is 4.95. The second kappa shape index (κ2) is 5.03. The van der Waals surface area contributed by atoms with Gasteiger partial charge >= 0.3 is 0 Å². The molecule has 94 valence electrons. The first kappa shape index (κ1) is 12.3. The van der Waals surface area contributed by atoms with Crippen molar-refractivity contribution in [3.8, 4) is 0 Å². The van der Waals surface area contributed by atoms with Crippen molar-refractivity contribution in [1.29, 1.82) is 0 Å². The molecule has 0 aromatic rings. The maximum atomic E-state index is 9.52. The van der Waals surface area contributed by atoms with Gasteiger partial charge in [0, 0.05) is 24.1 Å². The lowest BCUT2D eigenvalue weighted by Gasteiger charge is -2.37. The summed E-state index contributed by atoms with van der Waals surface area (Å²) in [6, 6.07) is 1.20. The molecule has 0 spiro atoms. The van der Waals surface area contributed by atoms with E-state index in [1.807, 2.05) is 0 Å². The first-order chi connectivity index (χ1) is 7.64. The minimum absolute atomic E-state index is 0.128. The van der Waals surface area contributed by atoms with Crippen LogP contribution in [0.1, 0.15) is 39.0 Å². The first-order valence-electron chi connectivity index (χ1n) is 6.69. The molecule has 1 saturated heterocycles. The Kier molecular flexibility index (Phi) is 3.88. The molecule has 2 rings (SSSR count). The fraction of sp³-hybridized carbons (Fsp3) is 1.00. The zero-order valence-corrected chi connectivity index (χ0v) is 10.7. The van der Waals surface area contributed by atoms with E-state index in [0.29, 0.717) is 18.7 Å². The third kappa shape index (κ3) is 2.58. The molecule has 0 aromatic heterocycles. The zero-order chi connectivity index (χ0) is 11.6. The first-order valence-corrected chi connectivity index (χ1v) is 6.69. The van der Waals surface area contributed by atoms with Crippen LogP contribution in [0.4, 0.5) is 0 Å². The van der Waals surface area contributed by atoms with E-state index in [1.165, 1.54) is 45.2 Å². The Balaban J connectivity index is 1.85. The van der Waals surface area contributed by atoms with Gasteiger partial charge in [-0.05, 0) is 45.8 Å². The van der Waals surface area contributed by atoms with Crippen LogP contribution < -0.4 is 5.32 Å². The monoisotopic (exact) mass is 226 g/mol. The summed E-state index contributed by atoms with van der Waals surface area (Å²) in [5.74, 6) is 0. The molecule has 1 aliphatic carbocycles. The van der Waals surface area contributed by atoms with Gasteiger partial charge in [0.15, 0.2) is 0 Å². The fourth-order valence-electron chi connectivity index (χ4n) is 3.17. The molecule has 1 saturated carbocycles. The van der Waals surface area contributed by atoms with Crippen LogP contribution in [0.2, 0.25) is 0 Å². The number of aliphatic hydroxyl groups is 1. The van der Waals surface area contributed by atoms with Gasteiger partial charge in [-0.2, -0.15) is 0 Å². The second-order valence-corrected chi connectivity index (χ2v) is 6.00. The Morgan fingerprint density at radius 2 is 2.00 bits per heavy atom. The highest BCUT2D eigenvalue weighted by Crippen LogP contribution is 2.37. The molecule has 2 N–H and O–H groups in total. The van der Waals surface area contributed by atoms with Crippen molar-refractivity contribution in [3.05, 3.63) is 0 Å². The summed E-state index contributed by atoms with van der Waals surface area (Å²) in [5.41, 5.74) is 0.128. The van der Waals surface area contributed by atoms with Crippen LogP contribution in [-0.2, 0) is 0 Å². The largest absolute Gasteiger partial charge is 0.396 e. The summed E-state index contributed by atoms with van der Waals surface area (Å²) in [6.07, 6.45) is 6.20. The van der Waals surface area contributed by atoms with E-state index in [4.69, 9.17) is 0 Å². The third-order valence-electron chi connectivity index (χ3n) is 4.60. The van der Waals surface area contributed by atoms with Gasteiger partial charge in [0.25, 0.3) is 0 Å². The predicted octanol–water partition coefficient (Wildman–Crippen LogP) is 1.22. The maximum absolute atomic E-state index is 9.52. The maximum Gasteiger partial charge on any atom is 0.0499 e. The summed E-state index contributed by atoms with van der Waals surface area (Å²) in [5, 5.41) is 13.3. The van der Waals surface area contributed by atoms with Gasteiger partial charge in [-0.15, -0.1) is 0 Å². The van der Waals surface area contributed by atoms with Crippen molar-refractivity contribution in [2.24, 2.45) is 5.41 Å². The van der Waals surface area contributed by atoms with Crippen LogP contribution in [0.15, 0.2) is 0 Å². The van der Waals surface area contributed by atoms with Gasteiger partial charge in [-0.1, -0.05) is 13.3 Å². The third-order valence-corrected chi connectivity index (χ3v) is 4.60. The average Bonchev–Trinajstić information content (AvgIpc) is 2.65. The molecule has 2 fully saturated rings. The van der Waals surface area contributed by atoms with Crippen LogP contribution in [0.3, 0.4) is 0 Å². The molecule has 3 heteroatoms. The lowest BCUT2D eigenvalue weighted by atomic mass is 9.85. The zero-order valence-electron chi connectivity index (χ0n) is 10.7. The summed E-state index contributed by atoms with van der Waals surface area (Å²) in [7, 11) is 2.20. The van der Waals surface area contributed by atoms with Gasteiger partial charge in [0.2, 0.25) is 0 Å². The van der Waals surface area contributed by atoms with E-state index in [0.717, 1.165) is 0 Å². The summed E-state index contributed by atoms with van der Waals surface area (Å²) < 4.78 is 0. The van der Waals surface area contributed by atoms with Gasteiger partial charge in [0.1, 0.15) is 0 Å². The smallest absolute Gasteiger partial charge is 0.0499 e. The van der Waals surface area contributed by atoms with E-state index in [9.17, 15) is 5.11 Å². The molecular formula is C13H26N2O. The number of hydrogen-bond acceptors (Lipinski definition) is 3. The van der Waals surface area contributed by atoms with Crippen molar-refractivity contribution < 1.29 is 5.11 Å². The number of likely N-dealkylation sites (tertiary alicyclic amines) is 1. The Morgan fingerprint density at radius 1 is 1.31 bits per heavy atom. The SMILES string of the molecule is CN1CCC(NC2CCCC2(C)CO)CC1. The molecule has 2 atom stereocenters. The Morgan fingerprint density at radius 3 is 2.62 bits per heavy atom. The topological polar surface area (TPSA) is 35.5 Å². The van der Waals surface area contributed by atoms with Crippen molar-refractivity contribution in [1.82, 2.24) is 10.2 Å². The fourth-order valence-corrected chi connectivity index (χ4v) is 3.17. The van der Waals surface area contributed by atoms with E-state index in [-0.39, 0.29) is 5.41 Å². The summed E-state index contributed by atoms with van der Waals surface area (Å²) in [4.78, 5) is 2.40. The molecular weight excluding hydrogens is 200 g/mol. The standard InChI is InChI=1S/C13H26N2O/c1-13(10-16)7-3-4-12(13)14-11-5-8-15(2)9-6-11/h11-12,14,16H,3-10H2,1-2H3. The second-order valence-electron chi connectivity index (χ2n) is 6.00. The van der Waals surface area contributed by atoms with Crippen LogP contribution in [0.25, 0.3) is 0 Å². The molecule has 16 heavy (non-hydrogen) atoms. The van der Waals surface area contributed by atoms with E-state index in [1.54, 1.807) is 0 Å². The normalized spacial score (nSPS) is 38.1. The Labute approximate surface area is 99.2 Å². The van der Waals surface area contributed by atoms with Crippen LogP contribution >= 0.6 is 0 Å². The Hall–Kier alpha value is -0.120. The van der Waals surface area contributed by atoms with Crippen LogP contribution in [0.5, 0.6) is 0 Å². The van der Waals surface area contributed by atoms with Gasteiger partial charge < -0.3 is 15.3 Å². The van der Waals surface area contributed by atoms with Crippen molar-refractivity contribution >= 4 is 0 Å². The van der Waals surface area contributed by atoms with E-state index >= 15 is 0 Å². The molecule has 2 unspecified atom stereocenters. The number of aliphatic hydroxyl groups excluding tert-OH is 1. The number of hydrogen-bond donors (Lipinski definition) is 2. The molecule has 1 heterocycles. The summed E-state index contributed by atoms with van der Waals surface area (Å²) >= 11 is 0. The minimum Gasteiger partial charge on any atom is -0.396 e. The number of nitrogens with one attached hydrogen (secondary N) is 1. The van der Waals surface area contributed by atoms with Crippen LogP contribution in [0, 0.1) is 5.41 Å². The van der Waals surface area contributed by atoms with Gasteiger partial charge in [0.05, 0.1) is 0 Å². The Bertz CT molecular complexity index is 226. The van der Waals surface area contributed by atoms with E-state index < -0.39 is 0 Å². The molecule has 0 amide bonds. The van der Waals surface area contributed by atoms with Crippen molar-refractivity contribution in [2.45, 2.75) is 51.1 Å². The number of rotatable bonds is 3. The molecule has 0 bridgehead atoms. The highest BCUT2D eigenvalue weighted by atomic mass is 16.3. The quantitative estimate of drug-likeness (QED) is 0.759. The molecule has 2 aliphatic rings. The lowest BCUT2D eigenvalue weighted by Crippen LogP contribution is -2.50. The molecule has 0 radical (unpaired) electrons. The van der Waals surface area contributed by atoms with Gasteiger partial charge in [-0.25, -0.2) is 0 Å². The molecule has 0 aromatic carbocycles. The number of nitrogens with zero attached hydrogens (tertiary/aromatic N) is 1. The van der Waals surface area contributed by atoms with Crippen LogP contribution in [-0.4, -0.2) is 48.8 Å². The van der Waals surface area contributed by atoms with Crippen molar-refractivity contribution in [2.75, 3.05) is 26.7 Å². The highest BCUT2D eigenvalue weighted by Gasteiger charge is 2.39. The number of piperidine rings is 1. The molecule has 1 aliphatic heterocycles. The molecule has 3 nitrogen and oxygen atoms in total. The van der Waals surface area contributed by atoms with Gasteiger partial charge in [-0.3, -0.25) is 0 Å².